The van der Waals surface area contributed by atoms with Gasteiger partial charge in [0.25, 0.3) is 0 Å². The van der Waals surface area contributed by atoms with E-state index in [0.717, 1.165) is 13.1 Å². The summed E-state index contributed by atoms with van der Waals surface area (Å²) in [7, 11) is 2.14. The average Bonchev–Trinajstić information content (AvgIpc) is 2.15. The van der Waals surface area contributed by atoms with Crippen LogP contribution in [0.2, 0.25) is 0 Å². The Morgan fingerprint density at radius 2 is 1.75 bits per heavy atom. The maximum Gasteiger partial charge on any atom is 0.134 e. The summed E-state index contributed by atoms with van der Waals surface area (Å²) in [6.45, 7) is 8.42. The summed E-state index contributed by atoms with van der Waals surface area (Å²) in [5.41, 5.74) is 0.571. The molecule has 1 unspecified atom stereocenters. The lowest BCUT2D eigenvalue weighted by Gasteiger charge is -2.16. The van der Waals surface area contributed by atoms with Gasteiger partial charge in [0.05, 0.1) is 0 Å². The fourth-order valence-corrected chi connectivity index (χ4v) is 3.57. The molecule has 0 N–H and O–H groups in total. The molecule has 1 saturated carbocycles. The van der Waals surface area contributed by atoms with Crippen LogP contribution in [0.4, 0.5) is 0 Å². The Balaban J connectivity index is 2.25. The third-order valence-corrected chi connectivity index (χ3v) is 4.10. The minimum Gasteiger partial charge on any atom is -0.305 e. The van der Waals surface area contributed by atoms with Crippen molar-refractivity contribution in [1.82, 2.24) is 4.90 Å². The van der Waals surface area contributed by atoms with Crippen molar-refractivity contribution in [3.05, 3.63) is 0 Å². The number of carbonyl (C=O) groups is 1. The Morgan fingerprint density at radius 1 is 1.33 bits per heavy atom. The number of hydrogen-bond donors (Lipinski definition) is 0. The van der Waals surface area contributed by atoms with Gasteiger partial charge >= 0.3 is 0 Å². The molecule has 68 valence electrons. The zero-order valence-corrected chi connectivity index (χ0v) is 8.35. The lowest BCUT2D eigenvalue weighted by molar-refractivity contribution is -0.119. The molecule has 12 heavy (non-hydrogen) atoms. The quantitative estimate of drug-likeness (QED) is 0.584. The predicted molar refractivity (Wildman–Crippen MR) is 47.9 cm³/mol. The van der Waals surface area contributed by atoms with Gasteiger partial charge in [-0.25, -0.2) is 0 Å². The molecule has 0 aromatic carbocycles. The Kier molecular flexibility index (Phi) is 1.32. The Bertz CT molecular complexity index is 232. The van der Waals surface area contributed by atoms with Crippen molar-refractivity contribution >= 4 is 5.78 Å². The summed E-state index contributed by atoms with van der Waals surface area (Å²) in [6, 6.07) is 0. The van der Waals surface area contributed by atoms with E-state index in [9.17, 15) is 4.79 Å². The van der Waals surface area contributed by atoms with Gasteiger partial charge in [-0.1, -0.05) is 13.8 Å². The summed E-state index contributed by atoms with van der Waals surface area (Å²) in [5, 5.41) is 0. The van der Waals surface area contributed by atoms with Crippen LogP contribution in [0.25, 0.3) is 0 Å². The van der Waals surface area contributed by atoms with Gasteiger partial charge < -0.3 is 4.90 Å². The summed E-state index contributed by atoms with van der Waals surface area (Å²) in [5.74, 6) is 0.717. The number of likely N-dealkylation sites (tertiary alicyclic amines) is 1. The van der Waals surface area contributed by atoms with Gasteiger partial charge in [0.2, 0.25) is 0 Å². The fraction of sp³-hybridized carbons (Fsp3) is 0.900. The van der Waals surface area contributed by atoms with Gasteiger partial charge in [0.1, 0.15) is 5.78 Å². The molecule has 0 bridgehead atoms. The molecule has 2 aliphatic rings. The minimum absolute atomic E-state index is 0.285. The lowest BCUT2D eigenvalue weighted by Crippen LogP contribution is -2.25. The van der Waals surface area contributed by atoms with Crippen molar-refractivity contribution in [2.24, 2.45) is 16.7 Å². The maximum atomic E-state index is 11.3. The van der Waals surface area contributed by atoms with Crippen LogP contribution in [0.5, 0.6) is 0 Å². The average molecular weight is 167 g/mol. The standard InChI is InChI=1S/C10H17NO/c1-7(12)8-9(2)5-11(4)6-10(8,9)3/h8H,5-6H2,1-4H3/t8?,9-,10+. The number of rotatable bonds is 1. The Labute approximate surface area is 73.9 Å². The predicted octanol–water partition coefficient (Wildman–Crippen LogP) is 1.16. The van der Waals surface area contributed by atoms with Gasteiger partial charge in [0, 0.05) is 19.0 Å². The van der Waals surface area contributed by atoms with E-state index in [2.05, 4.69) is 25.8 Å². The largest absolute Gasteiger partial charge is 0.305 e. The monoisotopic (exact) mass is 167 g/mol. The molecule has 2 heteroatoms. The molecule has 1 aliphatic heterocycles. The smallest absolute Gasteiger partial charge is 0.134 e. The van der Waals surface area contributed by atoms with E-state index in [1.807, 2.05) is 0 Å². The van der Waals surface area contributed by atoms with E-state index in [1.54, 1.807) is 6.92 Å². The summed E-state index contributed by atoms with van der Waals surface area (Å²) in [4.78, 5) is 13.7. The van der Waals surface area contributed by atoms with Gasteiger partial charge in [-0.3, -0.25) is 4.79 Å². The molecule has 0 aromatic rings. The second-order valence-electron chi connectivity index (χ2n) is 5.05. The van der Waals surface area contributed by atoms with Crippen molar-refractivity contribution in [3.63, 3.8) is 0 Å². The van der Waals surface area contributed by atoms with Crippen molar-refractivity contribution < 1.29 is 4.79 Å². The second kappa shape index (κ2) is 1.92. The maximum absolute atomic E-state index is 11.3. The summed E-state index contributed by atoms with van der Waals surface area (Å²) < 4.78 is 0. The number of Topliss-reactive ketones (excluding diaryl/α,β-unsaturated/α-hetero) is 1. The Morgan fingerprint density at radius 3 is 2.08 bits per heavy atom. The van der Waals surface area contributed by atoms with E-state index >= 15 is 0 Å². The highest BCUT2D eigenvalue weighted by atomic mass is 16.1. The highest BCUT2D eigenvalue weighted by Gasteiger charge is 2.75. The number of nitrogens with zero attached hydrogens (tertiary/aromatic N) is 1. The van der Waals surface area contributed by atoms with Crippen LogP contribution >= 0.6 is 0 Å². The number of fused-ring (bicyclic) bond motifs is 1. The molecule has 2 nitrogen and oxygen atoms in total. The van der Waals surface area contributed by atoms with E-state index in [4.69, 9.17) is 0 Å². The van der Waals surface area contributed by atoms with Crippen LogP contribution in [0.15, 0.2) is 0 Å². The van der Waals surface area contributed by atoms with Crippen LogP contribution < -0.4 is 0 Å². The first-order valence-corrected chi connectivity index (χ1v) is 4.61. The molecule has 1 saturated heterocycles. The van der Waals surface area contributed by atoms with Crippen molar-refractivity contribution in [3.8, 4) is 0 Å². The van der Waals surface area contributed by atoms with Crippen molar-refractivity contribution in [2.75, 3.05) is 20.1 Å². The van der Waals surface area contributed by atoms with Crippen LogP contribution in [0.1, 0.15) is 20.8 Å². The molecule has 0 amide bonds. The van der Waals surface area contributed by atoms with Gasteiger partial charge in [0.15, 0.2) is 0 Å². The first-order valence-electron chi connectivity index (χ1n) is 4.61. The SMILES string of the molecule is CC(=O)C1[C@]2(C)CN(C)C[C@]12C. The molecule has 0 spiro atoms. The topological polar surface area (TPSA) is 20.3 Å². The zero-order chi connectivity index (χ0) is 9.15. The molecular weight excluding hydrogens is 150 g/mol. The zero-order valence-electron chi connectivity index (χ0n) is 8.35. The lowest BCUT2D eigenvalue weighted by atomic mass is 10.0. The van der Waals surface area contributed by atoms with Crippen molar-refractivity contribution in [2.45, 2.75) is 20.8 Å². The second-order valence-corrected chi connectivity index (χ2v) is 5.05. The molecule has 0 aromatic heterocycles. The highest BCUT2D eigenvalue weighted by molar-refractivity contribution is 5.84. The molecule has 1 aliphatic carbocycles. The number of hydrogen-bond acceptors (Lipinski definition) is 2. The fourth-order valence-electron chi connectivity index (χ4n) is 3.57. The molecule has 3 atom stereocenters. The molecule has 1 heterocycles. The van der Waals surface area contributed by atoms with E-state index in [1.165, 1.54) is 0 Å². The van der Waals surface area contributed by atoms with Crippen LogP contribution in [0.3, 0.4) is 0 Å². The summed E-state index contributed by atoms with van der Waals surface area (Å²) in [6.07, 6.45) is 0. The van der Waals surface area contributed by atoms with Gasteiger partial charge in [-0.2, -0.15) is 0 Å². The third-order valence-electron chi connectivity index (χ3n) is 4.10. The first-order chi connectivity index (χ1) is 5.42. The third kappa shape index (κ3) is 0.674. The van der Waals surface area contributed by atoms with Gasteiger partial charge in [-0.05, 0) is 24.8 Å². The molecule has 2 fully saturated rings. The Hall–Kier alpha value is -0.370. The van der Waals surface area contributed by atoms with Crippen LogP contribution in [-0.4, -0.2) is 30.8 Å². The normalized spacial score (nSPS) is 52.2. The number of piperidine rings is 1. The van der Waals surface area contributed by atoms with E-state index < -0.39 is 0 Å². The molecular formula is C10H17NO. The number of carbonyl (C=O) groups excluding carboxylic acids is 1. The van der Waals surface area contributed by atoms with E-state index in [-0.39, 0.29) is 10.8 Å². The van der Waals surface area contributed by atoms with E-state index in [0.29, 0.717) is 11.7 Å². The van der Waals surface area contributed by atoms with Gasteiger partial charge in [-0.15, -0.1) is 0 Å². The highest BCUT2D eigenvalue weighted by Crippen LogP contribution is 2.72. The summed E-state index contributed by atoms with van der Waals surface area (Å²) >= 11 is 0. The number of ketones is 1. The molecule has 0 radical (unpaired) electrons. The molecule has 2 rings (SSSR count). The van der Waals surface area contributed by atoms with Crippen LogP contribution in [0, 0.1) is 16.7 Å². The van der Waals surface area contributed by atoms with Crippen LogP contribution in [-0.2, 0) is 4.79 Å². The van der Waals surface area contributed by atoms with Crippen molar-refractivity contribution in [1.29, 1.82) is 0 Å². The first kappa shape index (κ1) is 8.24. The minimum atomic E-state index is 0.285.